The summed E-state index contributed by atoms with van der Waals surface area (Å²) < 4.78 is 51.8. The average molecular weight is 615 g/mol. The highest BCUT2D eigenvalue weighted by molar-refractivity contribution is 7.90. The van der Waals surface area contributed by atoms with Crippen molar-refractivity contribution < 1.29 is 36.9 Å². The number of hydrogen-bond acceptors (Lipinski definition) is 8. The predicted octanol–water partition coefficient (Wildman–Crippen LogP) is 6.29. The number of fused-ring (bicyclic) bond motifs is 1. The number of sulfone groups is 1. The number of carbonyl (C=O) groups excluding carboxylic acids is 1. The summed E-state index contributed by atoms with van der Waals surface area (Å²) in [6.45, 7) is 2.95. The van der Waals surface area contributed by atoms with Crippen molar-refractivity contribution in [3.05, 3.63) is 70.2 Å². The monoisotopic (exact) mass is 614 g/mol. The minimum Gasteiger partial charge on any atom is -0.492 e. The van der Waals surface area contributed by atoms with E-state index >= 15 is 0 Å². The molecule has 0 aromatic heterocycles. The fraction of sp³-hybridized carbons (Fsp3) is 0.406. The molecule has 1 heterocycles. The summed E-state index contributed by atoms with van der Waals surface area (Å²) in [6.07, 6.45) is 4.01. The van der Waals surface area contributed by atoms with Gasteiger partial charge in [-0.1, -0.05) is 35.9 Å². The average Bonchev–Trinajstić information content (AvgIpc) is 3.70. The largest absolute Gasteiger partial charge is 0.492 e. The third-order valence-corrected chi connectivity index (χ3v) is 8.79. The fourth-order valence-electron chi connectivity index (χ4n) is 4.94. The van der Waals surface area contributed by atoms with Crippen LogP contribution in [0.15, 0.2) is 48.5 Å². The van der Waals surface area contributed by atoms with Crippen LogP contribution in [0.5, 0.6) is 23.0 Å². The van der Waals surface area contributed by atoms with E-state index in [-0.39, 0.29) is 36.8 Å². The van der Waals surface area contributed by atoms with E-state index < -0.39 is 9.84 Å². The maximum absolute atomic E-state index is 11.7. The van der Waals surface area contributed by atoms with Crippen molar-refractivity contribution in [3.63, 3.8) is 0 Å². The van der Waals surface area contributed by atoms with Gasteiger partial charge in [0.25, 0.3) is 0 Å². The van der Waals surface area contributed by atoms with Crippen molar-refractivity contribution >= 4 is 27.4 Å². The first-order valence-corrected chi connectivity index (χ1v) is 16.4. The topological polar surface area (TPSA) is 97.4 Å². The van der Waals surface area contributed by atoms with Crippen LogP contribution in [0.2, 0.25) is 5.02 Å². The number of methoxy groups -OCH3 is 1. The molecule has 10 heteroatoms. The Hall–Kier alpha value is -3.43. The zero-order valence-electron chi connectivity index (χ0n) is 24.0. The summed E-state index contributed by atoms with van der Waals surface area (Å²) >= 11 is 6.75. The van der Waals surface area contributed by atoms with Crippen LogP contribution in [0, 0.1) is 6.92 Å². The van der Waals surface area contributed by atoms with E-state index in [0.717, 1.165) is 46.4 Å². The van der Waals surface area contributed by atoms with Crippen LogP contribution in [-0.4, -0.2) is 52.8 Å². The summed E-state index contributed by atoms with van der Waals surface area (Å²) in [5.41, 5.74) is 4.60. The molecule has 8 nitrogen and oxygen atoms in total. The Bertz CT molecular complexity index is 1560. The Labute approximate surface area is 251 Å². The van der Waals surface area contributed by atoms with Gasteiger partial charge in [0.1, 0.15) is 39.4 Å². The molecular weight excluding hydrogens is 580 g/mol. The molecule has 1 saturated carbocycles. The Kier molecular flexibility index (Phi) is 9.18. The third kappa shape index (κ3) is 7.50. The normalized spacial score (nSPS) is 16.0. The second-order valence-corrected chi connectivity index (χ2v) is 13.5. The highest BCUT2D eigenvalue weighted by atomic mass is 35.5. The molecule has 1 atom stereocenters. The van der Waals surface area contributed by atoms with Crippen molar-refractivity contribution in [1.29, 1.82) is 0 Å². The number of esters is 1. The van der Waals surface area contributed by atoms with E-state index in [0.29, 0.717) is 41.9 Å². The van der Waals surface area contributed by atoms with Crippen LogP contribution >= 0.6 is 11.6 Å². The smallest absolute Gasteiger partial charge is 0.306 e. The van der Waals surface area contributed by atoms with Crippen molar-refractivity contribution in [1.82, 2.24) is 0 Å². The van der Waals surface area contributed by atoms with E-state index in [9.17, 15) is 13.2 Å². The van der Waals surface area contributed by atoms with Gasteiger partial charge < -0.3 is 23.7 Å². The van der Waals surface area contributed by atoms with Gasteiger partial charge in [-0.25, -0.2) is 8.42 Å². The molecule has 0 unspecified atom stereocenters. The molecule has 5 rings (SSSR count). The first-order chi connectivity index (χ1) is 20.1. The predicted molar refractivity (Wildman–Crippen MR) is 161 cm³/mol. The first kappa shape index (κ1) is 30.0. The number of rotatable bonds is 13. The van der Waals surface area contributed by atoms with Crippen molar-refractivity contribution in [2.24, 2.45) is 0 Å². The van der Waals surface area contributed by atoms with E-state index in [2.05, 4.69) is 6.07 Å². The van der Waals surface area contributed by atoms with Crippen molar-refractivity contribution in [2.75, 3.05) is 32.3 Å². The Morgan fingerprint density at radius 1 is 1.07 bits per heavy atom. The van der Waals surface area contributed by atoms with Crippen LogP contribution in [0.25, 0.3) is 11.1 Å². The minimum absolute atomic E-state index is 0.0235. The quantitative estimate of drug-likeness (QED) is 0.164. The van der Waals surface area contributed by atoms with Gasteiger partial charge in [-0.15, -0.1) is 0 Å². The Morgan fingerprint density at radius 3 is 2.62 bits per heavy atom. The lowest BCUT2D eigenvalue weighted by atomic mass is 9.97. The van der Waals surface area contributed by atoms with Crippen molar-refractivity contribution in [2.45, 2.75) is 51.2 Å². The van der Waals surface area contributed by atoms with Gasteiger partial charge >= 0.3 is 5.97 Å². The van der Waals surface area contributed by atoms with E-state index in [1.807, 2.05) is 49.4 Å². The van der Waals surface area contributed by atoms with Crippen LogP contribution < -0.4 is 18.9 Å². The van der Waals surface area contributed by atoms with Gasteiger partial charge in [-0.2, -0.15) is 0 Å². The van der Waals surface area contributed by atoms with Gasteiger partial charge in [0.2, 0.25) is 0 Å². The lowest BCUT2D eigenvalue weighted by Gasteiger charge is -2.19. The van der Waals surface area contributed by atoms with Crippen LogP contribution in [0.4, 0.5) is 0 Å². The molecule has 0 spiro atoms. The van der Waals surface area contributed by atoms with Gasteiger partial charge in [0.05, 0.1) is 43.6 Å². The van der Waals surface area contributed by atoms with Gasteiger partial charge in [-0.3, -0.25) is 4.79 Å². The third-order valence-electron chi connectivity index (χ3n) is 7.29. The van der Waals surface area contributed by atoms with Crippen LogP contribution in [0.3, 0.4) is 0 Å². The molecule has 2 aliphatic rings. The number of hydrogen-bond donors (Lipinski definition) is 0. The summed E-state index contributed by atoms with van der Waals surface area (Å²) in [7, 11) is -1.67. The Balaban J connectivity index is 1.32. The van der Waals surface area contributed by atoms with Crippen LogP contribution in [0.1, 0.15) is 48.3 Å². The Morgan fingerprint density at radius 2 is 1.88 bits per heavy atom. The summed E-state index contributed by atoms with van der Waals surface area (Å²) in [5.74, 6) is 2.33. The number of ether oxygens (including phenoxy) is 5. The zero-order chi connectivity index (χ0) is 29.9. The van der Waals surface area contributed by atoms with Crippen molar-refractivity contribution in [3.8, 4) is 34.1 Å². The summed E-state index contributed by atoms with van der Waals surface area (Å²) in [6, 6.07) is 15.5. The zero-order valence-corrected chi connectivity index (χ0v) is 25.6. The number of halogens is 1. The molecule has 224 valence electrons. The number of benzene rings is 3. The molecule has 1 aliphatic heterocycles. The van der Waals surface area contributed by atoms with Crippen LogP contribution in [-0.2, 0) is 26.0 Å². The van der Waals surface area contributed by atoms with Gasteiger partial charge in [0, 0.05) is 35.4 Å². The molecule has 42 heavy (non-hydrogen) atoms. The fourth-order valence-corrected chi connectivity index (χ4v) is 5.79. The lowest BCUT2D eigenvalue weighted by molar-refractivity contribution is -0.141. The highest BCUT2D eigenvalue weighted by Crippen LogP contribution is 2.45. The molecule has 0 amide bonds. The highest BCUT2D eigenvalue weighted by Gasteiger charge is 2.28. The maximum Gasteiger partial charge on any atom is 0.306 e. The second kappa shape index (κ2) is 12.8. The first-order valence-electron chi connectivity index (χ1n) is 14.0. The molecule has 3 aromatic rings. The molecule has 1 fully saturated rings. The summed E-state index contributed by atoms with van der Waals surface area (Å²) in [4.78, 5) is 11.7. The van der Waals surface area contributed by atoms with E-state index in [1.165, 1.54) is 13.4 Å². The molecule has 0 saturated heterocycles. The van der Waals surface area contributed by atoms with E-state index in [4.69, 9.17) is 35.3 Å². The maximum atomic E-state index is 11.7. The molecule has 0 bridgehead atoms. The standard InChI is InChI=1S/C32H35ClO8S/c1-20-31(28(41-24-8-9-24)17-29(32(20)33)38-12-5-13-42(3,35)36)22-7-4-6-21(14-22)18-39-25-10-11-26-23(15-30(34)37-2)19-40-27(26)16-25/h4,6-7,10-11,14,16-17,23-24H,5,8-9,12-13,15,18-19H2,1-3H3/t23-/m1/s1. The molecular formula is C32H35ClO8S. The molecule has 0 N–H and O–H groups in total. The summed E-state index contributed by atoms with van der Waals surface area (Å²) in [5, 5.41) is 0.470. The lowest BCUT2D eigenvalue weighted by Crippen LogP contribution is -2.09. The number of carbonyl (C=O) groups is 1. The molecule has 3 aromatic carbocycles. The van der Waals surface area contributed by atoms with Gasteiger partial charge in [0.15, 0.2) is 0 Å². The minimum atomic E-state index is -3.06. The second-order valence-electron chi connectivity index (χ2n) is 10.8. The van der Waals surface area contributed by atoms with Gasteiger partial charge in [-0.05, 0) is 55.0 Å². The molecule has 1 aliphatic carbocycles. The molecule has 0 radical (unpaired) electrons. The van der Waals surface area contributed by atoms with E-state index in [1.54, 1.807) is 0 Å². The SMILES string of the molecule is COC(=O)C[C@@H]1COc2cc(OCc3cccc(-c4c(OC5CC5)cc(OCCCS(C)(=O)=O)c(Cl)c4C)c3)ccc21.